The average Bonchev–Trinajstić information content (AvgIpc) is 2.46. The van der Waals surface area contributed by atoms with E-state index >= 15 is 0 Å². The van der Waals surface area contributed by atoms with E-state index in [1.807, 2.05) is 0 Å². The summed E-state index contributed by atoms with van der Waals surface area (Å²) in [6, 6.07) is 4.59. The van der Waals surface area contributed by atoms with Crippen LogP contribution in [0.25, 0.3) is 0 Å². The molecule has 0 saturated heterocycles. The lowest BCUT2D eigenvalue weighted by molar-refractivity contribution is -0.124. The van der Waals surface area contributed by atoms with Crippen molar-refractivity contribution in [2.24, 2.45) is 5.92 Å². The van der Waals surface area contributed by atoms with E-state index in [0.717, 1.165) is 22.5 Å². The summed E-state index contributed by atoms with van der Waals surface area (Å²) >= 11 is 0. The van der Waals surface area contributed by atoms with Crippen molar-refractivity contribution in [2.75, 3.05) is 20.6 Å². The van der Waals surface area contributed by atoms with Gasteiger partial charge < -0.3 is 5.32 Å². The fourth-order valence-electron chi connectivity index (χ4n) is 1.74. The fraction of sp³-hybridized carbons (Fsp3) is 0.385. The van der Waals surface area contributed by atoms with E-state index in [0.29, 0.717) is 0 Å². The van der Waals surface area contributed by atoms with Crippen molar-refractivity contribution in [3.05, 3.63) is 29.6 Å². The first-order chi connectivity index (χ1) is 9.73. The predicted octanol–water partition coefficient (Wildman–Crippen LogP) is 0.700. The van der Waals surface area contributed by atoms with Gasteiger partial charge in [-0.25, -0.2) is 17.1 Å². The minimum Gasteiger partial charge on any atom is -0.359 e. The largest absolute Gasteiger partial charge is 0.359 e. The van der Waals surface area contributed by atoms with Crippen LogP contribution in [0.3, 0.4) is 0 Å². The van der Waals surface area contributed by atoms with Crippen molar-refractivity contribution in [1.82, 2.24) is 9.62 Å². The highest BCUT2D eigenvalue weighted by molar-refractivity contribution is 7.89. The van der Waals surface area contributed by atoms with Gasteiger partial charge in [-0.3, -0.25) is 4.79 Å². The van der Waals surface area contributed by atoms with Gasteiger partial charge in [0, 0.05) is 26.6 Å². The summed E-state index contributed by atoms with van der Waals surface area (Å²) in [5, 5.41) is 11.2. The Morgan fingerprint density at radius 1 is 1.52 bits per heavy atom. The molecule has 1 amide bonds. The highest BCUT2D eigenvalue weighted by atomic mass is 32.2. The zero-order valence-corrected chi connectivity index (χ0v) is 12.7. The zero-order valence-electron chi connectivity index (χ0n) is 11.9. The molecule has 6 nitrogen and oxygen atoms in total. The van der Waals surface area contributed by atoms with Crippen LogP contribution in [0.4, 0.5) is 4.39 Å². The Hall–Kier alpha value is -1.98. The monoisotopic (exact) mass is 313 g/mol. The molecular weight excluding hydrogens is 297 g/mol. The number of carbonyl (C=O) groups is 1. The molecule has 0 aliphatic rings. The van der Waals surface area contributed by atoms with Crippen molar-refractivity contribution in [3.8, 4) is 6.07 Å². The van der Waals surface area contributed by atoms with Crippen LogP contribution >= 0.6 is 0 Å². The van der Waals surface area contributed by atoms with Crippen molar-refractivity contribution >= 4 is 15.9 Å². The van der Waals surface area contributed by atoms with Gasteiger partial charge in [-0.05, 0) is 18.2 Å². The fourth-order valence-corrected chi connectivity index (χ4v) is 3.03. The summed E-state index contributed by atoms with van der Waals surface area (Å²) in [6.07, 6.45) is 0. The van der Waals surface area contributed by atoms with E-state index in [9.17, 15) is 17.6 Å². The lowest BCUT2D eigenvalue weighted by Gasteiger charge is -2.20. The van der Waals surface area contributed by atoms with Crippen LogP contribution in [0.5, 0.6) is 0 Å². The van der Waals surface area contributed by atoms with Crippen LogP contribution in [-0.4, -0.2) is 39.3 Å². The number of hydrogen-bond donors (Lipinski definition) is 1. The highest BCUT2D eigenvalue weighted by Crippen LogP contribution is 2.18. The lowest BCUT2D eigenvalue weighted by Crippen LogP contribution is -2.37. The van der Waals surface area contributed by atoms with Gasteiger partial charge >= 0.3 is 0 Å². The number of nitriles is 1. The first-order valence-corrected chi connectivity index (χ1v) is 7.55. The molecule has 1 unspecified atom stereocenters. The third-order valence-corrected chi connectivity index (χ3v) is 4.81. The van der Waals surface area contributed by atoms with E-state index in [2.05, 4.69) is 5.32 Å². The summed E-state index contributed by atoms with van der Waals surface area (Å²) < 4.78 is 38.9. The van der Waals surface area contributed by atoms with Crippen molar-refractivity contribution in [1.29, 1.82) is 5.26 Å². The third kappa shape index (κ3) is 3.77. The van der Waals surface area contributed by atoms with E-state index in [4.69, 9.17) is 5.26 Å². The van der Waals surface area contributed by atoms with Gasteiger partial charge in [-0.15, -0.1) is 0 Å². The molecule has 1 atom stereocenters. The zero-order chi connectivity index (χ0) is 16.2. The minimum absolute atomic E-state index is 0.0265. The van der Waals surface area contributed by atoms with Crippen molar-refractivity contribution in [2.45, 2.75) is 11.8 Å². The second kappa shape index (κ2) is 6.65. The Labute approximate surface area is 123 Å². The second-order valence-electron chi connectivity index (χ2n) is 4.55. The van der Waals surface area contributed by atoms with E-state index in [1.54, 1.807) is 13.0 Å². The first-order valence-electron chi connectivity index (χ1n) is 6.11. The standard InChI is InChI=1S/C13H16FN3O3S/c1-9(13(18)16-2)8-17(3)21(19,20)11-4-5-12(14)10(6-11)7-15/h4-6,9H,8H2,1-3H3,(H,16,18). The SMILES string of the molecule is CNC(=O)C(C)CN(C)S(=O)(=O)c1ccc(F)c(C#N)c1. The van der Waals surface area contributed by atoms with Gasteiger partial charge in [0.2, 0.25) is 15.9 Å². The molecule has 0 fully saturated rings. The summed E-state index contributed by atoms with van der Waals surface area (Å²) in [6.45, 7) is 1.57. The topological polar surface area (TPSA) is 90.3 Å². The molecule has 1 N–H and O–H groups in total. The molecule has 1 rings (SSSR count). The maximum absolute atomic E-state index is 13.2. The maximum Gasteiger partial charge on any atom is 0.242 e. The normalized spacial score (nSPS) is 12.8. The number of halogens is 1. The molecule has 0 heterocycles. The van der Waals surface area contributed by atoms with Crippen LogP contribution in [0.2, 0.25) is 0 Å². The summed E-state index contributed by atoms with van der Waals surface area (Å²) in [4.78, 5) is 11.2. The molecule has 1 aromatic rings. The molecule has 0 aromatic heterocycles. The number of nitrogens with one attached hydrogen (secondary N) is 1. The van der Waals surface area contributed by atoms with Crippen molar-refractivity contribution in [3.63, 3.8) is 0 Å². The van der Waals surface area contributed by atoms with E-state index in [1.165, 1.54) is 14.1 Å². The molecule has 0 radical (unpaired) electrons. The van der Waals surface area contributed by atoms with Gasteiger partial charge in [-0.2, -0.15) is 5.26 Å². The quantitative estimate of drug-likeness (QED) is 0.866. The predicted molar refractivity (Wildman–Crippen MR) is 74.2 cm³/mol. The lowest BCUT2D eigenvalue weighted by atomic mass is 10.2. The molecule has 0 bridgehead atoms. The molecule has 0 spiro atoms. The van der Waals surface area contributed by atoms with Crippen LogP contribution in [0.1, 0.15) is 12.5 Å². The Kier molecular flexibility index (Phi) is 5.41. The van der Waals surface area contributed by atoms with Crippen LogP contribution in [-0.2, 0) is 14.8 Å². The molecule has 0 saturated carbocycles. The van der Waals surface area contributed by atoms with Gasteiger partial charge in [-0.1, -0.05) is 6.92 Å². The van der Waals surface area contributed by atoms with Crippen LogP contribution < -0.4 is 5.32 Å². The number of carbonyl (C=O) groups excluding carboxylic acids is 1. The highest BCUT2D eigenvalue weighted by Gasteiger charge is 2.25. The molecule has 8 heteroatoms. The van der Waals surface area contributed by atoms with Crippen LogP contribution in [0.15, 0.2) is 23.1 Å². The van der Waals surface area contributed by atoms with Crippen molar-refractivity contribution < 1.29 is 17.6 Å². The first kappa shape index (κ1) is 17.1. The summed E-state index contributed by atoms with van der Waals surface area (Å²) in [7, 11) is -1.10. The molecule has 21 heavy (non-hydrogen) atoms. The molecule has 114 valence electrons. The molecular formula is C13H16FN3O3S. The van der Waals surface area contributed by atoms with Gasteiger partial charge in [0.25, 0.3) is 0 Å². The average molecular weight is 313 g/mol. The van der Waals surface area contributed by atoms with E-state index in [-0.39, 0.29) is 22.9 Å². The number of nitrogens with zero attached hydrogens (tertiary/aromatic N) is 2. The Morgan fingerprint density at radius 3 is 2.67 bits per heavy atom. The number of hydrogen-bond acceptors (Lipinski definition) is 4. The number of sulfonamides is 1. The van der Waals surface area contributed by atoms with E-state index < -0.39 is 21.8 Å². The Bertz CT molecular complexity index is 682. The van der Waals surface area contributed by atoms with Gasteiger partial charge in [0.15, 0.2) is 0 Å². The van der Waals surface area contributed by atoms with Crippen LogP contribution in [0, 0.1) is 23.1 Å². The third-order valence-electron chi connectivity index (χ3n) is 2.99. The smallest absolute Gasteiger partial charge is 0.242 e. The number of amides is 1. The number of benzene rings is 1. The Morgan fingerprint density at radius 2 is 2.14 bits per heavy atom. The second-order valence-corrected chi connectivity index (χ2v) is 6.60. The number of rotatable bonds is 5. The molecule has 1 aromatic carbocycles. The summed E-state index contributed by atoms with van der Waals surface area (Å²) in [5.41, 5.74) is -0.344. The van der Waals surface area contributed by atoms with Gasteiger partial charge in [0.1, 0.15) is 11.9 Å². The molecule has 0 aliphatic carbocycles. The maximum atomic E-state index is 13.2. The minimum atomic E-state index is -3.89. The molecule has 0 aliphatic heterocycles. The van der Waals surface area contributed by atoms with Gasteiger partial charge in [0.05, 0.1) is 10.5 Å². The summed E-state index contributed by atoms with van der Waals surface area (Å²) in [5.74, 6) is -1.60. The Balaban J connectivity index is 3.06.